The Hall–Kier alpha value is -1.02. The summed E-state index contributed by atoms with van der Waals surface area (Å²) in [7, 11) is 0. The van der Waals surface area contributed by atoms with Crippen molar-refractivity contribution in [2.75, 3.05) is 0 Å². The molecule has 0 saturated heterocycles. The highest BCUT2D eigenvalue weighted by Crippen LogP contribution is 2.14. The standard InChI is InChI=1S/C20H29IO2/c1-2-3-4-5-6-7-8-9-10-11-12-13-16-19(21)17-14-15-18-20(22)23/h6-7,12-13,17H,2-5,8,11,14-16,18H2,1H3,(H,22,23). The summed E-state index contributed by atoms with van der Waals surface area (Å²) in [5, 5.41) is 8.55. The third kappa shape index (κ3) is 18.9. The molecule has 23 heavy (non-hydrogen) atoms. The first-order valence-electron chi connectivity index (χ1n) is 8.48. The molecule has 0 aliphatic rings. The second-order valence-corrected chi connectivity index (χ2v) is 6.73. The molecule has 0 rings (SSSR count). The van der Waals surface area contributed by atoms with Crippen LogP contribution < -0.4 is 0 Å². The number of rotatable bonds is 12. The topological polar surface area (TPSA) is 37.3 Å². The van der Waals surface area contributed by atoms with Gasteiger partial charge in [0.1, 0.15) is 0 Å². The Labute approximate surface area is 155 Å². The number of carboxylic acids is 1. The van der Waals surface area contributed by atoms with Gasteiger partial charge in [0.2, 0.25) is 0 Å². The first-order valence-corrected chi connectivity index (χ1v) is 9.56. The fourth-order valence-corrected chi connectivity index (χ4v) is 2.42. The molecule has 0 atom stereocenters. The van der Waals surface area contributed by atoms with E-state index in [-0.39, 0.29) is 6.42 Å². The molecule has 0 saturated carbocycles. The first-order chi connectivity index (χ1) is 11.2. The van der Waals surface area contributed by atoms with Crippen molar-refractivity contribution in [2.24, 2.45) is 0 Å². The van der Waals surface area contributed by atoms with Crippen molar-refractivity contribution in [1.29, 1.82) is 0 Å². The lowest BCUT2D eigenvalue weighted by Crippen LogP contribution is -1.92. The maximum absolute atomic E-state index is 10.4. The number of carbonyl (C=O) groups is 1. The van der Waals surface area contributed by atoms with Gasteiger partial charge in [-0.15, -0.1) is 0 Å². The second kappa shape index (κ2) is 17.3. The maximum atomic E-state index is 10.4. The molecular weight excluding hydrogens is 399 g/mol. The van der Waals surface area contributed by atoms with Crippen LogP contribution >= 0.6 is 22.6 Å². The van der Waals surface area contributed by atoms with Crippen LogP contribution in [-0.2, 0) is 4.79 Å². The number of unbranched alkanes of at least 4 members (excludes halogenated alkanes) is 4. The molecule has 0 fully saturated rings. The average Bonchev–Trinajstić information content (AvgIpc) is 2.52. The molecule has 0 heterocycles. The summed E-state index contributed by atoms with van der Waals surface area (Å²) in [6, 6.07) is 0. The summed E-state index contributed by atoms with van der Waals surface area (Å²) in [5.74, 6) is 5.59. The molecule has 3 heteroatoms. The van der Waals surface area contributed by atoms with E-state index < -0.39 is 5.97 Å². The average molecular weight is 428 g/mol. The third-order valence-electron chi connectivity index (χ3n) is 3.15. The van der Waals surface area contributed by atoms with Crippen molar-refractivity contribution >= 4 is 28.6 Å². The van der Waals surface area contributed by atoms with E-state index in [1.807, 2.05) is 0 Å². The van der Waals surface area contributed by atoms with Gasteiger partial charge in [-0.25, -0.2) is 0 Å². The molecule has 0 unspecified atom stereocenters. The second-order valence-electron chi connectivity index (χ2n) is 5.34. The van der Waals surface area contributed by atoms with Crippen LogP contribution in [0.1, 0.15) is 71.1 Å². The van der Waals surface area contributed by atoms with Crippen LogP contribution in [0.5, 0.6) is 0 Å². The van der Waals surface area contributed by atoms with E-state index in [2.05, 4.69) is 71.7 Å². The Morgan fingerprint density at radius 1 is 1.00 bits per heavy atom. The van der Waals surface area contributed by atoms with Crippen LogP contribution in [0.4, 0.5) is 0 Å². The SMILES string of the molecule is CCCCCC=CCC#CCC=CCC(I)=CCCCC(=O)O. The molecule has 0 spiro atoms. The summed E-state index contributed by atoms with van der Waals surface area (Å²) in [4.78, 5) is 10.4. The van der Waals surface area contributed by atoms with E-state index in [4.69, 9.17) is 5.11 Å². The molecule has 128 valence electrons. The van der Waals surface area contributed by atoms with Crippen molar-refractivity contribution < 1.29 is 9.90 Å². The largest absolute Gasteiger partial charge is 0.481 e. The van der Waals surface area contributed by atoms with Gasteiger partial charge in [0, 0.05) is 19.3 Å². The monoisotopic (exact) mass is 428 g/mol. The highest BCUT2D eigenvalue weighted by atomic mass is 127. The van der Waals surface area contributed by atoms with Gasteiger partial charge in [0.25, 0.3) is 0 Å². The quantitative estimate of drug-likeness (QED) is 0.168. The van der Waals surface area contributed by atoms with E-state index in [0.717, 1.165) is 25.7 Å². The zero-order valence-electron chi connectivity index (χ0n) is 14.2. The highest BCUT2D eigenvalue weighted by Gasteiger charge is 1.94. The zero-order valence-corrected chi connectivity index (χ0v) is 16.3. The van der Waals surface area contributed by atoms with Crippen LogP contribution in [0.15, 0.2) is 34.0 Å². The highest BCUT2D eigenvalue weighted by molar-refractivity contribution is 14.1. The number of hydrogen-bond donors (Lipinski definition) is 1. The molecule has 0 aliphatic heterocycles. The smallest absolute Gasteiger partial charge is 0.303 e. The van der Waals surface area contributed by atoms with E-state index in [1.165, 1.54) is 29.3 Å². The van der Waals surface area contributed by atoms with Gasteiger partial charge in [0.05, 0.1) is 0 Å². The fourth-order valence-electron chi connectivity index (χ4n) is 1.85. The molecule has 0 bridgehead atoms. The van der Waals surface area contributed by atoms with Gasteiger partial charge in [-0.2, -0.15) is 0 Å². The van der Waals surface area contributed by atoms with Crippen LogP contribution in [0, 0.1) is 11.8 Å². The van der Waals surface area contributed by atoms with Crippen molar-refractivity contribution in [3.05, 3.63) is 34.0 Å². The molecular formula is C20H29IO2. The molecule has 0 radical (unpaired) electrons. The summed E-state index contributed by atoms with van der Waals surface area (Å²) >= 11 is 2.31. The fraction of sp³-hybridized carbons (Fsp3) is 0.550. The van der Waals surface area contributed by atoms with Crippen LogP contribution in [0.2, 0.25) is 0 Å². The van der Waals surface area contributed by atoms with Gasteiger partial charge in [-0.3, -0.25) is 4.79 Å². The molecule has 1 N–H and O–H groups in total. The number of halogens is 1. The third-order valence-corrected chi connectivity index (χ3v) is 4.03. The molecule has 0 aliphatic carbocycles. The predicted molar refractivity (Wildman–Crippen MR) is 108 cm³/mol. The number of allylic oxidation sites excluding steroid dienone is 6. The summed E-state index contributed by atoms with van der Waals surface area (Å²) in [6.45, 7) is 2.22. The Balaban J connectivity index is 3.65. The van der Waals surface area contributed by atoms with Crippen molar-refractivity contribution in [1.82, 2.24) is 0 Å². The Bertz CT molecular complexity index is 450. The molecule has 2 nitrogen and oxygen atoms in total. The number of aliphatic carboxylic acids is 1. The lowest BCUT2D eigenvalue weighted by atomic mass is 10.2. The van der Waals surface area contributed by atoms with E-state index in [9.17, 15) is 4.79 Å². The van der Waals surface area contributed by atoms with Crippen molar-refractivity contribution in [3.8, 4) is 11.8 Å². The van der Waals surface area contributed by atoms with Crippen molar-refractivity contribution in [3.63, 3.8) is 0 Å². The first kappa shape index (κ1) is 22.0. The molecule has 0 aromatic carbocycles. The minimum Gasteiger partial charge on any atom is -0.481 e. The van der Waals surface area contributed by atoms with Gasteiger partial charge in [-0.05, 0) is 58.3 Å². The minimum atomic E-state index is -0.720. The van der Waals surface area contributed by atoms with E-state index >= 15 is 0 Å². The molecule has 0 aromatic rings. The Kier molecular flexibility index (Phi) is 16.6. The summed E-state index contributed by atoms with van der Waals surface area (Å²) in [5.41, 5.74) is 0. The lowest BCUT2D eigenvalue weighted by molar-refractivity contribution is -0.137. The maximum Gasteiger partial charge on any atom is 0.303 e. The van der Waals surface area contributed by atoms with Crippen LogP contribution in [0.25, 0.3) is 0 Å². The van der Waals surface area contributed by atoms with Gasteiger partial charge in [-0.1, -0.05) is 62.0 Å². The van der Waals surface area contributed by atoms with Gasteiger partial charge >= 0.3 is 5.97 Å². The number of hydrogen-bond acceptors (Lipinski definition) is 1. The Morgan fingerprint density at radius 3 is 2.35 bits per heavy atom. The minimum absolute atomic E-state index is 0.249. The predicted octanol–water partition coefficient (Wildman–Crippen LogP) is 6.43. The van der Waals surface area contributed by atoms with Crippen molar-refractivity contribution in [2.45, 2.75) is 71.1 Å². The Morgan fingerprint density at radius 2 is 1.70 bits per heavy atom. The van der Waals surface area contributed by atoms with Crippen LogP contribution in [0.3, 0.4) is 0 Å². The number of carboxylic acid groups (broad SMARTS) is 1. The normalized spacial score (nSPS) is 11.8. The molecule has 0 amide bonds. The van der Waals surface area contributed by atoms with E-state index in [1.54, 1.807) is 0 Å². The summed E-state index contributed by atoms with van der Waals surface area (Å²) < 4.78 is 1.26. The van der Waals surface area contributed by atoms with Crippen LogP contribution in [-0.4, -0.2) is 11.1 Å². The van der Waals surface area contributed by atoms with Gasteiger partial charge < -0.3 is 5.11 Å². The van der Waals surface area contributed by atoms with E-state index in [0.29, 0.717) is 6.42 Å². The zero-order chi connectivity index (χ0) is 17.2. The van der Waals surface area contributed by atoms with Gasteiger partial charge in [0.15, 0.2) is 0 Å². The lowest BCUT2D eigenvalue weighted by Gasteiger charge is -1.94. The summed E-state index contributed by atoms with van der Waals surface area (Å²) in [6.07, 6.45) is 20.1. The molecule has 0 aromatic heterocycles.